The molecule has 1 saturated carbocycles. The van der Waals surface area contributed by atoms with Crippen LogP contribution in [0.3, 0.4) is 0 Å². The van der Waals surface area contributed by atoms with E-state index in [1.165, 1.54) is 0 Å². The van der Waals surface area contributed by atoms with Gasteiger partial charge in [0.05, 0.1) is 5.60 Å². The van der Waals surface area contributed by atoms with Crippen LogP contribution in [0.4, 0.5) is 0 Å². The molecule has 0 unspecified atom stereocenters. The molecule has 11 heavy (non-hydrogen) atoms. The summed E-state index contributed by atoms with van der Waals surface area (Å²) in [6.07, 6.45) is 3.87. The van der Waals surface area contributed by atoms with Gasteiger partial charge in [-0.3, -0.25) is 0 Å². The fourth-order valence-electron chi connectivity index (χ4n) is 1.85. The van der Waals surface area contributed by atoms with Gasteiger partial charge in [0.15, 0.2) is 0 Å². The Labute approximate surface area is 68.8 Å². The summed E-state index contributed by atoms with van der Waals surface area (Å²) in [7, 11) is 0. The Morgan fingerprint density at radius 3 is 2.55 bits per heavy atom. The maximum atomic E-state index is 10.0. The van der Waals surface area contributed by atoms with Crippen LogP contribution in [0.2, 0.25) is 0 Å². The molecule has 2 atom stereocenters. The van der Waals surface area contributed by atoms with Crippen LogP contribution in [0.15, 0.2) is 0 Å². The van der Waals surface area contributed by atoms with Gasteiger partial charge in [0, 0.05) is 6.04 Å². The van der Waals surface area contributed by atoms with Crippen LogP contribution < -0.4 is 5.73 Å². The van der Waals surface area contributed by atoms with E-state index in [-0.39, 0.29) is 6.04 Å². The fraction of sp³-hybridized carbons (Fsp3) is 1.00. The van der Waals surface area contributed by atoms with E-state index in [0.717, 1.165) is 25.7 Å². The van der Waals surface area contributed by atoms with Crippen LogP contribution in [0.5, 0.6) is 0 Å². The van der Waals surface area contributed by atoms with E-state index in [1.807, 2.05) is 0 Å². The first-order valence-electron chi connectivity index (χ1n) is 4.52. The largest absolute Gasteiger partial charge is 0.390 e. The van der Waals surface area contributed by atoms with Crippen molar-refractivity contribution in [3.63, 3.8) is 0 Å². The van der Waals surface area contributed by atoms with Crippen molar-refractivity contribution in [2.75, 3.05) is 0 Å². The second kappa shape index (κ2) is 3.11. The molecule has 66 valence electrons. The van der Waals surface area contributed by atoms with E-state index in [4.69, 9.17) is 5.73 Å². The minimum absolute atomic E-state index is 0.219. The Morgan fingerprint density at radius 2 is 2.18 bits per heavy atom. The van der Waals surface area contributed by atoms with Gasteiger partial charge in [-0.25, -0.2) is 0 Å². The highest BCUT2D eigenvalue weighted by atomic mass is 16.3. The lowest BCUT2D eigenvalue weighted by Crippen LogP contribution is -2.44. The first-order valence-corrected chi connectivity index (χ1v) is 4.52. The molecule has 1 fully saturated rings. The quantitative estimate of drug-likeness (QED) is 0.602. The molecule has 0 heterocycles. The molecular weight excluding hydrogens is 138 g/mol. The van der Waals surface area contributed by atoms with Crippen molar-refractivity contribution >= 4 is 0 Å². The molecule has 0 aromatic heterocycles. The summed E-state index contributed by atoms with van der Waals surface area (Å²) in [4.78, 5) is 0. The second-order valence-electron chi connectivity index (χ2n) is 4.11. The van der Waals surface area contributed by atoms with E-state index < -0.39 is 5.60 Å². The number of nitrogens with two attached hydrogens (primary N) is 1. The smallest absolute Gasteiger partial charge is 0.0685 e. The second-order valence-corrected chi connectivity index (χ2v) is 4.11. The third kappa shape index (κ3) is 1.94. The van der Waals surface area contributed by atoms with Crippen molar-refractivity contribution in [2.45, 2.75) is 51.2 Å². The molecule has 2 nitrogen and oxygen atoms in total. The van der Waals surface area contributed by atoms with E-state index in [2.05, 4.69) is 13.8 Å². The van der Waals surface area contributed by atoms with Crippen molar-refractivity contribution < 1.29 is 5.11 Å². The summed E-state index contributed by atoms with van der Waals surface area (Å²) >= 11 is 0. The van der Waals surface area contributed by atoms with Crippen molar-refractivity contribution in [1.29, 1.82) is 0 Å². The normalized spacial score (nSPS) is 39.5. The number of hydrogen-bond acceptors (Lipinski definition) is 2. The minimum Gasteiger partial charge on any atom is -0.390 e. The van der Waals surface area contributed by atoms with Crippen LogP contribution in [-0.2, 0) is 0 Å². The molecule has 1 rings (SSSR count). The van der Waals surface area contributed by atoms with Gasteiger partial charge >= 0.3 is 0 Å². The summed E-state index contributed by atoms with van der Waals surface area (Å²) in [5, 5.41) is 10.0. The summed E-state index contributed by atoms with van der Waals surface area (Å²) in [6.45, 7) is 4.14. The van der Waals surface area contributed by atoms with Crippen LogP contribution in [0.25, 0.3) is 0 Å². The zero-order valence-corrected chi connectivity index (χ0v) is 7.51. The molecule has 0 aliphatic heterocycles. The van der Waals surface area contributed by atoms with E-state index in [1.54, 1.807) is 0 Å². The topological polar surface area (TPSA) is 46.2 Å². The van der Waals surface area contributed by atoms with Crippen LogP contribution in [-0.4, -0.2) is 16.7 Å². The highest BCUT2D eigenvalue weighted by Crippen LogP contribution is 2.33. The summed E-state index contributed by atoms with van der Waals surface area (Å²) in [5.41, 5.74) is 5.31. The maximum absolute atomic E-state index is 10.0. The van der Waals surface area contributed by atoms with Gasteiger partial charge in [0.1, 0.15) is 0 Å². The fourth-order valence-corrected chi connectivity index (χ4v) is 1.85. The monoisotopic (exact) mass is 157 g/mol. The molecule has 1 aliphatic carbocycles. The van der Waals surface area contributed by atoms with E-state index in [0.29, 0.717) is 5.92 Å². The molecule has 0 aromatic rings. The lowest BCUT2D eigenvalue weighted by molar-refractivity contribution is -0.0422. The van der Waals surface area contributed by atoms with Crippen LogP contribution in [0, 0.1) is 5.92 Å². The van der Waals surface area contributed by atoms with Gasteiger partial charge in [-0.15, -0.1) is 0 Å². The molecule has 2 heteroatoms. The molecule has 3 N–H and O–H groups in total. The molecule has 0 amide bonds. The highest BCUT2D eigenvalue weighted by molar-refractivity contribution is 4.90. The van der Waals surface area contributed by atoms with Crippen molar-refractivity contribution in [3.8, 4) is 0 Å². The molecule has 0 radical (unpaired) electrons. The molecular formula is C9H19NO. The predicted octanol–water partition coefficient (Wildman–Crippen LogP) is 1.27. The number of rotatable bonds is 1. The maximum Gasteiger partial charge on any atom is 0.0685 e. The van der Waals surface area contributed by atoms with Crippen molar-refractivity contribution in [1.82, 2.24) is 0 Å². The lowest BCUT2D eigenvalue weighted by Gasteiger charge is -2.38. The predicted molar refractivity (Wildman–Crippen MR) is 46.2 cm³/mol. The number of hydrogen-bond donors (Lipinski definition) is 2. The first kappa shape index (κ1) is 9.01. The molecule has 0 spiro atoms. The summed E-state index contributed by atoms with van der Waals surface area (Å²) in [5.74, 6) is 0.342. The van der Waals surface area contributed by atoms with Gasteiger partial charge < -0.3 is 10.8 Å². The van der Waals surface area contributed by atoms with Crippen LogP contribution >= 0.6 is 0 Å². The van der Waals surface area contributed by atoms with Gasteiger partial charge in [0.2, 0.25) is 0 Å². The Bertz CT molecular complexity index is 136. The SMILES string of the molecule is CC(C)[C@]1(O)CCC[C@H](N)C1. The van der Waals surface area contributed by atoms with Crippen molar-refractivity contribution in [3.05, 3.63) is 0 Å². The van der Waals surface area contributed by atoms with E-state index in [9.17, 15) is 5.11 Å². The minimum atomic E-state index is -0.475. The zero-order valence-electron chi connectivity index (χ0n) is 7.51. The zero-order chi connectivity index (χ0) is 8.48. The van der Waals surface area contributed by atoms with Gasteiger partial charge in [-0.2, -0.15) is 0 Å². The lowest BCUT2D eigenvalue weighted by atomic mass is 9.75. The molecule has 0 aromatic carbocycles. The Morgan fingerprint density at radius 1 is 1.55 bits per heavy atom. The van der Waals surface area contributed by atoms with Crippen molar-refractivity contribution in [2.24, 2.45) is 11.7 Å². The van der Waals surface area contributed by atoms with Gasteiger partial charge in [-0.05, 0) is 31.6 Å². The molecule has 1 aliphatic rings. The average molecular weight is 157 g/mol. The third-order valence-corrected chi connectivity index (χ3v) is 2.87. The summed E-state index contributed by atoms with van der Waals surface area (Å²) in [6, 6.07) is 0.219. The standard InChI is InChI=1S/C9H19NO/c1-7(2)9(11)5-3-4-8(10)6-9/h7-8,11H,3-6,10H2,1-2H3/t8-,9-/m0/s1. The average Bonchev–Trinajstić information content (AvgIpc) is 1.86. The first-order chi connectivity index (χ1) is 5.04. The van der Waals surface area contributed by atoms with Gasteiger partial charge in [-0.1, -0.05) is 13.8 Å². The van der Waals surface area contributed by atoms with Crippen LogP contribution in [0.1, 0.15) is 39.5 Å². The Balaban J connectivity index is 2.55. The highest BCUT2D eigenvalue weighted by Gasteiger charge is 2.35. The third-order valence-electron chi connectivity index (χ3n) is 2.87. The molecule has 0 bridgehead atoms. The molecule has 0 saturated heterocycles. The van der Waals surface area contributed by atoms with Gasteiger partial charge in [0.25, 0.3) is 0 Å². The Hall–Kier alpha value is -0.0800. The number of aliphatic hydroxyl groups is 1. The summed E-state index contributed by atoms with van der Waals surface area (Å²) < 4.78 is 0. The Kier molecular flexibility index (Phi) is 2.55. The van der Waals surface area contributed by atoms with E-state index >= 15 is 0 Å².